The molecular formula is C17H29NO2. The van der Waals surface area contributed by atoms with Crippen LogP contribution >= 0.6 is 0 Å². The lowest BCUT2D eigenvalue weighted by atomic mass is 9.99. The van der Waals surface area contributed by atoms with E-state index in [0.29, 0.717) is 13.2 Å². The summed E-state index contributed by atoms with van der Waals surface area (Å²) in [4.78, 5) is 0. The molecule has 0 saturated carbocycles. The van der Waals surface area contributed by atoms with Crippen LogP contribution in [0.5, 0.6) is 0 Å². The number of hydrogen-bond donors (Lipinski definition) is 1. The second-order valence-corrected chi connectivity index (χ2v) is 5.99. The molecule has 1 aromatic rings. The highest BCUT2D eigenvalue weighted by Crippen LogP contribution is 2.20. The Balaban J connectivity index is 2.54. The second kappa shape index (κ2) is 7.77. The number of aryl methyl sites for hydroxylation is 2. The third kappa shape index (κ3) is 5.23. The summed E-state index contributed by atoms with van der Waals surface area (Å²) in [5.41, 5.74) is 3.79. The Labute approximate surface area is 123 Å². The van der Waals surface area contributed by atoms with Gasteiger partial charge in [0.1, 0.15) is 0 Å². The Bertz CT molecular complexity index is 415. The molecule has 1 aromatic carbocycles. The van der Waals surface area contributed by atoms with Gasteiger partial charge in [0.25, 0.3) is 0 Å². The molecule has 0 heterocycles. The highest BCUT2D eigenvalue weighted by molar-refractivity contribution is 5.33. The van der Waals surface area contributed by atoms with Gasteiger partial charge in [-0.25, -0.2) is 0 Å². The van der Waals surface area contributed by atoms with E-state index in [0.717, 1.165) is 6.42 Å². The van der Waals surface area contributed by atoms with Crippen molar-refractivity contribution < 1.29 is 9.47 Å². The van der Waals surface area contributed by atoms with Crippen LogP contribution in [0.3, 0.4) is 0 Å². The van der Waals surface area contributed by atoms with Crippen molar-refractivity contribution in [1.82, 2.24) is 5.32 Å². The van der Waals surface area contributed by atoms with Gasteiger partial charge in [-0.1, -0.05) is 23.8 Å². The van der Waals surface area contributed by atoms with Crippen LogP contribution in [0.1, 0.15) is 43.0 Å². The average molecular weight is 279 g/mol. The fourth-order valence-corrected chi connectivity index (χ4v) is 2.09. The van der Waals surface area contributed by atoms with Crippen molar-refractivity contribution in [3.63, 3.8) is 0 Å². The zero-order chi connectivity index (χ0) is 15.2. The van der Waals surface area contributed by atoms with Crippen molar-refractivity contribution >= 4 is 0 Å². The first-order chi connectivity index (χ1) is 9.39. The van der Waals surface area contributed by atoms with E-state index in [1.165, 1.54) is 16.7 Å². The van der Waals surface area contributed by atoms with Gasteiger partial charge in [0.2, 0.25) is 0 Å². The molecule has 1 unspecified atom stereocenters. The summed E-state index contributed by atoms with van der Waals surface area (Å²) in [7, 11) is 3.72. The van der Waals surface area contributed by atoms with Crippen LogP contribution in [0, 0.1) is 13.8 Å². The third-order valence-electron chi connectivity index (χ3n) is 3.84. The van der Waals surface area contributed by atoms with E-state index in [-0.39, 0.29) is 11.6 Å². The first-order valence-electron chi connectivity index (χ1n) is 7.27. The van der Waals surface area contributed by atoms with Gasteiger partial charge in [0.15, 0.2) is 0 Å². The standard InChI is InChI=1S/C17H29NO2/c1-13-7-8-14(2)15(11-13)16(18-5)12-20-10-9-17(3,4)19-6/h7-8,11,16,18H,9-10,12H2,1-6H3. The van der Waals surface area contributed by atoms with Gasteiger partial charge >= 0.3 is 0 Å². The normalized spacial score (nSPS) is 13.5. The lowest BCUT2D eigenvalue weighted by Crippen LogP contribution is -2.27. The highest BCUT2D eigenvalue weighted by Gasteiger charge is 2.17. The van der Waals surface area contributed by atoms with Crippen LogP contribution in [-0.2, 0) is 9.47 Å². The Morgan fingerprint density at radius 2 is 1.95 bits per heavy atom. The molecule has 0 aliphatic heterocycles. The van der Waals surface area contributed by atoms with Crippen LogP contribution in [0.4, 0.5) is 0 Å². The summed E-state index contributed by atoms with van der Waals surface area (Å²) in [5, 5.41) is 3.34. The maximum atomic E-state index is 5.83. The molecule has 0 saturated heterocycles. The largest absolute Gasteiger partial charge is 0.379 e. The predicted molar refractivity (Wildman–Crippen MR) is 84.2 cm³/mol. The Kier molecular flexibility index (Phi) is 6.66. The molecule has 3 nitrogen and oxygen atoms in total. The van der Waals surface area contributed by atoms with Crippen molar-refractivity contribution in [3.05, 3.63) is 34.9 Å². The van der Waals surface area contributed by atoms with E-state index in [9.17, 15) is 0 Å². The highest BCUT2D eigenvalue weighted by atomic mass is 16.5. The fraction of sp³-hybridized carbons (Fsp3) is 0.647. The van der Waals surface area contributed by atoms with Crippen LogP contribution in [0.15, 0.2) is 18.2 Å². The molecule has 20 heavy (non-hydrogen) atoms. The van der Waals surface area contributed by atoms with Gasteiger partial charge < -0.3 is 14.8 Å². The number of ether oxygens (including phenoxy) is 2. The second-order valence-electron chi connectivity index (χ2n) is 5.99. The molecular weight excluding hydrogens is 250 g/mol. The molecule has 0 aromatic heterocycles. The lowest BCUT2D eigenvalue weighted by Gasteiger charge is -2.24. The van der Waals surface area contributed by atoms with Crippen molar-refractivity contribution in [2.75, 3.05) is 27.4 Å². The van der Waals surface area contributed by atoms with Crippen LogP contribution in [0.2, 0.25) is 0 Å². The van der Waals surface area contributed by atoms with Crippen LogP contribution in [0.25, 0.3) is 0 Å². The molecule has 0 bridgehead atoms. The monoisotopic (exact) mass is 279 g/mol. The summed E-state index contributed by atoms with van der Waals surface area (Å²) >= 11 is 0. The quantitative estimate of drug-likeness (QED) is 0.740. The van der Waals surface area contributed by atoms with E-state index < -0.39 is 0 Å². The molecule has 0 amide bonds. The summed E-state index contributed by atoms with van der Waals surface area (Å²) < 4.78 is 11.2. The van der Waals surface area contributed by atoms with Crippen molar-refractivity contribution in [3.8, 4) is 0 Å². The molecule has 1 N–H and O–H groups in total. The Morgan fingerprint density at radius 1 is 1.25 bits per heavy atom. The van der Waals surface area contributed by atoms with Gasteiger partial charge in [0.05, 0.1) is 18.2 Å². The van der Waals surface area contributed by atoms with Crippen molar-refractivity contribution in [1.29, 1.82) is 0 Å². The smallest absolute Gasteiger partial charge is 0.0661 e. The third-order valence-corrected chi connectivity index (χ3v) is 3.84. The zero-order valence-corrected chi connectivity index (χ0v) is 13.7. The number of hydrogen-bond acceptors (Lipinski definition) is 3. The Hall–Kier alpha value is -0.900. The van der Waals surface area contributed by atoms with Crippen molar-refractivity contribution in [2.45, 2.75) is 45.8 Å². The molecule has 1 atom stereocenters. The van der Waals surface area contributed by atoms with Crippen LogP contribution in [-0.4, -0.2) is 33.0 Å². The van der Waals surface area contributed by atoms with E-state index in [4.69, 9.17) is 9.47 Å². The number of methoxy groups -OCH3 is 1. The first kappa shape index (κ1) is 17.2. The maximum Gasteiger partial charge on any atom is 0.0661 e. The minimum absolute atomic E-state index is 0.117. The van der Waals surface area contributed by atoms with E-state index >= 15 is 0 Å². The number of likely N-dealkylation sites (N-methyl/N-ethyl adjacent to an activating group) is 1. The zero-order valence-electron chi connectivity index (χ0n) is 13.7. The SMILES string of the molecule is CNC(COCCC(C)(C)OC)c1cc(C)ccc1C. The lowest BCUT2D eigenvalue weighted by molar-refractivity contribution is -0.0122. The fourth-order valence-electron chi connectivity index (χ4n) is 2.09. The molecule has 3 heteroatoms. The van der Waals surface area contributed by atoms with Gasteiger partial charge in [-0.3, -0.25) is 0 Å². The molecule has 0 aliphatic carbocycles. The van der Waals surface area contributed by atoms with Gasteiger partial charge in [-0.2, -0.15) is 0 Å². The van der Waals surface area contributed by atoms with E-state index in [1.54, 1.807) is 7.11 Å². The van der Waals surface area contributed by atoms with Crippen molar-refractivity contribution in [2.24, 2.45) is 0 Å². The van der Waals surface area contributed by atoms with E-state index in [2.05, 4.69) is 51.2 Å². The summed E-state index contributed by atoms with van der Waals surface area (Å²) in [5.74, 6) is 0. The number of benzene rings is 1. The number of rotatable bonds is 8. The molecule has 0 spiro atoms. The first-order valence-corrected chi connectivity index (χ1v) is 7.27. The Morgan fingerprint density at radius 3 is 2.55 bits per heavy atom. The van der Waals surface area contributed by atoms with Crippen LogP contribution < -0.4 is 5.32 Å². The maximum absolute atomic E-state index is 5.83. The molecule has 0 radical (unpaired) electrons. The van der Waals surface area contributed by atoms with Gasteiger partial charge in [-0.15, -0.1) is 0 Å². The number of nitrogens with one attached hydrogen (secondary N) is 1. The van der Waals surface area contributed by atoms with Gasteiger partial charge in [-0.05, 0) is 52.3 Å². The minimum atomic E-state index is -0.117. The predicted octanol–water partition coefficient (Wildman–Crippen LogP) is 3.40. The van der Waals surface area contributed by atoms with E-state index in [1.807, 2.05) is 7.05 Å². The molecule has 0 fully saturated rings. The summed E-state index contributed by atoms with van der Waals surface area (Å²) in [6.45, 7) is 9.82. The molecule has 1 rings (SSSR count). The van der Waals surface area contributed by atoms with Gasteiger partial charge in [0, 0.05) is 13.7 Å². The summed E-state index contributed by atoms with van der Waals surface area (Å²) in [6.07, 6.45) is 0.896. The average Bonchev–Trinajstić information content (AvgIpc) is 2.42. The molecule has 114 valence electrons. The topological polar surface area (TPSA) is 30.5 Å². The summed E-state index contributed by atoms with van der Waals surface area (Å²) in [6, 6.07) is 6.79. The molecule has 0 aliphatic rings. The minimum Gasteiger partial charge on any atom is -0.379 e.